The van der Waals surface area contributed by atoms with Gasteiger partial charge < -0.3 is 10.1 Å². The molecule has 1 aliphatic rings. The summed E-state index contributed by atoms with van der Waals surface area (Å²) in [6, 6.07) is 7.88. The lowest BCUT2D eigenvalue weighted by Crippen LogP contribution is -2.36. The van der Waals surface area contributed by atoms with Gasteiger partial charge in [0.1, 0.15) is 5.75 Å². The Labute approximate surface area is 155 Å². The Bertz CT molecular complexity index is 790. The fraction of sp³-hybridized carbons (Fsp3) is 0.429. The summed E-state index contributed by atoms with van der Waals surface area (Å²) in [5, 5.41) is 7.81. The molecule has 1 aromatic carbocycles. The Morgan fingerprint density at radius 2 is 2.15 bits per heavy atom. The van der Waals surface area contributed by atoms with Gasteiger partial charge in [-0.2, -0.15) is 5.10 Å². The van der Waals surface area contributed by atoms with Crippen LogP contribution in [0.4, 0.5) is 0 Å². The molecule has 0 bridgehead atoms. The number of ether oxygens (including phenoxy) is 1. The number of carbonyl (C=O) groups excluding carboxylic acids is 1. The van der Waals surface area contributed by atoms with Gasteiger partial charge in [0.05, 0.1) is 30.7 Å². The summed E-state index contributed by atoms with van der Waals surface area (Å²) in [6.45, 7) is 8.17. The second-order valence-electron chi connectivity index (χ2n) is 7.65. The Morgan fingerprint density at radius 3 is 2.81 bits per heavy atom. The molecule has 1 aromatic heterocycles. The van der Waals surface area contributed by atoms with Crippen molar-refractivity contribution in [1.82, 2.24) is 15.1 Å². The fourth-order valence-electron chi connectivity index (χ4n) is 3.62. The predicted octanol–water partition coefficient (Wildman–Crippen LogP) is 3.98. The molecule has 1 heterocycles. The number of benzene rings is 1. The third-order valence-corrected chi connectivity index (χ3v) is 4.91. The van der Waals surface area contributed by atoms with E-state index in [0.29, 0.717) is 12.8 Å². The molecule has 3 rings (SSSR count). The van der Waals surface area contributed by atoms with E-state index < -0.39 is 0 Å². The highest BCUT2D eigenvalue weighted by Crippen LogP contribution is 2.41. The monoisotopic (exact) mass is 353 g/mol. The number of carbonyl (C=O) groups is 1. The van der Waals surface area contributed by atoms with Crippen molar-refractivity contribution in [1.29, 1.82) is 0 Å². The van der Waals surface area contributed by atoms with Gasteiger partial charge in [0.15, 0.2) is 0 Å². The number of amides is 1. The van der Waals surface area contributed by atoms with Gasteiger partial charge in [-0.15, -0.1) is 6.58 Å². The zero-order valence-corrected chi connectivity index (χ0v) is 15.8. The van der Waals surface area contributed by atoms with E-state index >= 15 is 0 Å². The van der Waals surface area contributed by atoms with Gasteiger partial charge in [0.25, 0.3) is 0 Å². The number of methoxy groups -OCH3 is 1. The third kappa shape index (κ3) is 3.82. The maximum absolute atomic E-state index is 12.2. The van der Waals surface area contributed by atoms with Crippen LogP contribution in [-0.4, -0.2) is 22.8 Å². The van der Waals surface area contributed by atoms with Crippen molar-refractivity contribution in [2.24, 2.45) is 5.41 Å². The SMILES string of the molecule is C=CCCC(=O)N[C@@H]1CC(C)(C)Cc2c1cnn2-c1ccc(OC)cc1. The normalized spacial score (nSPS) is 18.0. The molecule has 1 aliphatic carbocycles. The van der Waals surface area contributed by atoms with Crippen molar-refractivity contribution in [3.8, 4) is 11.4 Å². The Morgan fingerprint density at radius 1 is 1.42 bits per heavy atom. The van der Waals surface area contributed by atoms with Crippen LogP contribution in [0.5, 0.6) is 5.75 Å². The van der Waals surface area contributed by atoms with Crippen molar-refractivity contribution >= 4 is 5.91 Å². The molecule has 0 aliphatic heterocycles. The van der Waals surface area contributed by atoms with Crippen LogP contribution in [-0.2, 0) is 11.2 Å². The molecule has 0 saturated carbocycles. The summed E-state index contributed by atoms with van der Waals surface area (Å²) >= 11 is 0. The zero-order valence-electron chi connectivity index (χ0n) is 15.8. The lowest BCUT2D eigenvalue weighted by molar-refractivity contribution is -0.122. The first-order valence-electron chi connectivity index (χ1n) is 9.05. The summed E-state index contributed by atoms with van der Waals surface area (Å²) in [6.07, 6.45) is 6.68. The number of rotatable bonds is 6. The predicted molar refractivity (Wildman–Crippen MR) is 103 cm³/mol. The molecule has 0 spiro atoms. The lowest BCUT2D eigenvalue weighted by atomic mass is 9.74. The largest absolute Gasteiger partial charge is 0.497 e. The van der Waals surface area contributed by atoms with Gasteiger partial charge in [-0.1, -0.05) is 19.9 Å². The first-order valence-corrected chi connectivity index (χ1v) is 9.05. The summed E-state index contributed by atoms with van der Waals surface area (Å²) in [7, 11) is 1.66. The molecule has 0 unspecified atom stereocenters. The number of fused-ring (bicyclic) bond motifs is 1. The average molecular weight is 353 g/mol. The van der Waals surface area contributed by atoms with Gasteiger partial charge in [-0.3, -0.25) is 4.79 Å². The topological polar surface area (TPSA) is 56.2 Å². The van der Waals surface area contributed by atoms with Crippen LogP contribution >= 0.6 is 0 Å². The van der Waals surface area contributed by atoms with E-state index in [1.807, 2.05) is 35.1 Å². The molecule has 1 N–H and O–H groups in total. The maximum Gasteiger partial charge on any atom is 0.220 e. The maximum atomic E-state index is 12.2. The Hall–Kier alpha value is -2.56. The molecule has 0 fully saturated rings. The molecule has 138 valence electrons. The first kappa shape index (κ1) is 18.2. The van der Waals surface area contributed by atoms with Gasteiger partial charge in [-0.05, 0) is 48.9 Å². The van der Waals surface area contributed by atoms with Crippen LogP contribution in [0.1, 0.15) is 50.4 Å². The van der Waals surface area contributed by atoms with Gasteiger partial charge >= 0.3 is 0 Å². The number of hydrogen-bond donors (Lipinski definition) is 1. The average Bonchev–Trinajstić information content (AvgIpc) is 3.02. The van der Waals surface area contributed by atoms with Crippen LogP contribution in [0.2, 0.25) is 0 Å². The smallest absolute Gasteiger partial charge is 0.220 e. The molecule has 1 amide bonds. The fourth-order valence-corrected chi connectivity index (χ4v) is 3.62. The lowest BCUT2D eigenvalue weighted by Gasteiger charge is -2.36. The molecule has 1 atom stereocenters. The number of nitrogens with one attached hydrogen (secondary N) is 1. The van der Waals surface area contributed by atoms with E-state index in [2.05, 4.69) is 30.8 Å². The second kappa shape index (κ2) is 7.36. The Balaban J connectivity index is 1.90. The van der Waals surface area contributed by atoms with E-state index in [1.165, 1.54) is 5.69 Å². The third-order valence-electron chi connectivity index (χ3n) is 4.91. The van der Waals surface area contributed by atoms with Crippen LogP contribution < -0.4 is 10.1 Å². The zero-order chi connectivity index (χ0) is 18.7. The molecule has 0 saturated heterocycles. The van der Waals surface area contributed by atoms with E-state index in [1.54, 1.807) is 13.2 Å². The summed E-state index contributed by atoms with van der Waals surface area (Å²) in [5.41, 5.74) is 3.38. The highest BCUT2D eigenvalue weighted by Gasteiger charge is 2.35. The molecule has 5 nitrogen and oxygen atoms in total. The van der Waals surface area contributed by atoms with Crippen LogP contribution in [0, 0.1) is 5.41 Å². The number of aromatic nitrogens is 2. The van der Waals surface area contributed by atoms with Crippen molar-refractivity contribution in [3.05, 3.63) is 54.4 Å². The minimum atomic E-state index is -0.00179. The minimum absolute atomic E-state index is 0.00179. The van der Waals surface area contributed by atoms with E-state index in [-0.39, 0.29) is 17.4 Å². The first-order chi connectivity index (χ1) is 12.4. The molecule has 5 heteroatoms. The van der Waals surface area contributed by atoms with Crippen LogP contribution in [0.15, 0.2) is 43.1 Å². The number of nitrogens with zero attached hydrogens (tertiary/aromatic N) is 2. The van der Waals surface area contributed by atoms with Crippen molar-refractivity contribution < 1.29 is 9.53 Å². The number of hydrogen-bond acceptors (Lipinski definition) is 3. The molecular weight excluding hydrogens is 326 g/mol. The minimum Gasteiger partial charge on any atom is -0.497 e. The molecular formula is C21H27N3O2. The van der Waals surface area contributed by atoms with Crippen molar-refractivity contribution in [2.75, 3.05) is 7.11 Å². The van der Waals surface area contributed by atoms with Gasteiger partial charge in [0, 0.05) is 12.0 Å². The van der Waals surface area contributed by atoms with Crippen LogP contribution in [0.3, 0.4) is 0 Å². The molecule has 2 aromatic rings. The second-order valence-corrected chi connectivity index (χ2v) is 7.65. The van der Waals surface area contributed by atoms with E-state index in [9.17, 15) is 4.79 Å². The molecule has 26 heavy (non-hydrogen) atoms. The van der Waals surface area contributed by atoms with Crippen LogP contribution in [0.25, 0.3) is 5.69 Å². The van der Waals surface area contributed by atoms with E-state index in [0.717, 1.165) is 29.8 Å². The number of allylic oxidation sites excluding steroid dienone is 1. The quantitative estimate of drug-likeness (QED) is 0.799. The summed E-state index contributed by atoms with van der Waals surface area (Å²) in [5.74, 6) is 0.887. The standard InChI is InChI=1S/C21H27N3O2/c1-5-6-7-20(25)23-18-12-21(2,3)13-19-17(18)14-22-24(19)15-8-10-16(26-4)11-9-15/h5,8-11,14,18H,1,6-7,12-13H2,2-4H3,(H,23,25)/t18-/m1/s1. The van der Waals surface area contributed by atoms with Crippen molar-refractivity contribution in [3.63, 3.8) is 0 Å². The molecule has 0 radical (unpaired) electrons. The highest BCUT2D eigenvalue weighted by atomic mass is 16.5. The van der Waals surface area contributed by atoms with Gasteiger partial charge in [0.2, 0.25) is 5.91 Å². The Kier molecular flexibility index (Phi) is 5.16. The van der Waals surface area contributed by atoms with E-state index in [4.69, 9.17) is 4.74 Å². The highest BCUT2D eigenvalue weighted by molar-refractivity contribution is 5.76. The summed E-state index contributed by atoms with van der Waals surface area (Å²) in [4.78, 5) is 12.2. The van der Waals surface area contributed by atoms with Crippen molar-refractivity contribution in [2.45, 2.75) is 45.6 Å². The summed E-state index contributed by atoms with van der Waals surface area (Å²) < 4.78 is 7.23. The van der Waals surface area contributed by atoms with Gasteiger partial charge in [-0.25, -0.2) is 4.68 Å².